The fraction of sp³-hybridized carbons (Fsp3) is 0.727. The number of unbranched alkanes of at least 4 members (excludes halogenated alkanes) is 1. The number of carbonyl (C=O) groups is 1. The molecule has 3 nitrogen and oxygen atoms in total. The zero-order valence-electron chi connectivity index (χ0n) is 9.29. The number of hydrogen-bond acceptors (Lipinski definition) is 2. The first-order valence-corrected chi connectivity index (χ1v) is 4.98. The highest BCUT2D eigenvalue weighted by atomic mass is 16.3. The average Bonchev–Trinajstić information content (AvgIpc) is 2.01. The number of rotatable bonds is 5. The van der Waals surface area contributed by atoms with Gasteiger partial charge < -0.3 is 10.8 Å². The van der Waals surface area contributed by atoms with E-state index in [0.717, 1.165) is 12.8 Å². The second-order valence-electron chi connectivity index (χ2n) is 4.62. The van der Waals surface area contributed by atoms with Gasteiger partial charge in [0.15, 0.2) is 0 Å². The first kappa shape index (κ1) is 13.2. The normalized spacial score (nSPS) is 14.6. The van der Waals surface area contributed by atoms with Crippen LogP contribution in [0.25, 0.3) is 0 Å². The van der Waals surface area contributed by atoms with Crippen LogP contribution in [-0.4, -0.2) is 17.1 Å². The highest BCUT2D eigenvalue weighted by Gasteiger charge is 2.09. The van der Waals surface area contributed by atoms with Crippen LogP contribution in [0.1, 0.15) is 40.0 Å². The summed E-state index contributed by atoms with van der Waals surface area (Å²) in [7, 11) is 0. The number of hydrogen-bond donors (Lipinski definition) is 2. The van der Waals surface area contributed by atoms with Crippen LogP contribution in [0.15, 0.2) is 12.2 Å². The monoisotopic (exact) mass is 199 g/mol. The molecule has 0 spiro atoms. The molecule has 0 radical (unpaired) electrons. The highest BCUT2D eigenvalue weighted by molar-refractivity contribution is 5.78. The SMILES string of the molecule is CC(C)(C)/C=C/CCCC(O)C(N)=O. The molecular weight excluding hydrogens is 178 g/mol. The molecule has 3 N–H and O–H groups in total. The lowest BCUT2D eigenvalue weighted by Crippen LogP contribution is -2.27. The number of primary amides is 1. The summed E-state index contributed by atoms with van der Waals surface area (Å²) in [5.74, 6) is -0.634. The maximum atomic E-state index is 10.5. The van der Waals surface area contributed by atoms with Crippen molar-refractivity contribution in [3.8, 4) is 0 Å². The zero-order chi connectivity index (χ0) is 11.2. The minimum atomic E-state index is -0.988. The Labute approximate surface area is 86.0 Å². The van der Waals surface area contributed by atoms with E-state index in [1.807, 2.05) is 0 Å². The van der Waals surface area contributed by atoms with Gasteiger partial charge in [0.2, 0.25) is 5.91 Å². The Morgan fingerprint density at radius 3 is 2.50 bits per heavy atom. The van der Waals surface area contributed by atoms with E-state index in [1.165, 1.54) is 0 Å². The molecule has 14 heavy (non-hydrogen) atoms. The van der Waals surface area contributed by atoms with Crippen molar-refractivity contribution in [3.63, 3.8) is 0 Å². The molecule has 0 aliphatic carbocycles. The Hall–Kier alpha value is -0.830. The first-order valence-electron chi connectivity index (χ1n) is 4.98. The van der Waals surface area contributed by atoms with E-state index in [4.69, 9.17) is 10.8 Å². The molecule has 1 amide bonds. The van der Waals surface area contributed by atoms with Crippen molar-refractivity contribution in [2.75, 3.05) is 0 Å². The molecule has 1 atom stereocenters. The van der Waals surface area contributed by atoms with Gasteiger partial charge in [-0.2, -0.15) is 0 Å². The summed E-state index contributed by atoms with van der Waals surface area (Å²) in [5.41, 5.74) is 5.11. The van der Waals surface area contributed by atoms with Gasteiger partial charge in [0.1, 0.15) is 6.10 Å². The smallest absolute Gasteiger partial charge is 0.246 e. The summed E-state index contributed by atoms with van der Waals surface area (Å²) in [6.45, 7) is 6.38. The standard InChI is InChI=1S/C11H21NO2/c1-11(2,3)8-6-4-5-7-9(13)10(12)14/h6,8-9,13H,4-5,7H2,1-3H3,(H2,12,14)/b8-6+. The molecular formula is C11H21NO2. The maximum Gasteiger partial charge on any atom is 0.246 e. The van der Waals surface area contributed by atoms with E-state index in [1.54, 1.807) is 0 Å². The molecule has 0 bridgehead atoms. The van der Waals surface area contributed by atoms with E-state index in [9.17, 15) is 4.79 Å². The van der Waals surface area contributed by atoms with Gasteiger partial charge in [-0.15, -0.1) is 0 Å². The second kappa shape index (κ2) is 5.81. The van der Waals surface area contributed by atoms with Crippen LogP contribution in [0.2, 0.25) is 0 Å². The third-order valence-corrected chi connectivity index (χ3v) is 1.79. The fourth-order valence-electron chi connectivity index (χ4n) is 1.01. The van der Waals surface area contributed by atoms with Crippen LogP contribution in [0, 0.1) is 5.41 Å². The van der Waals surface area contributed by atoms with E-state index >= 15 is 0 Å². The Morgan fingerprint density at radius 2 is 2.07 bits per heavy atom. The Balaban J connectivity index is 3.57. The lowest BCUT2D eigenvalue weighted by atomic mass is 9.95. The molecule has 0 aromatic carbocycles. The number of allylic oxidation sites excluding steroid dienone is 2. The lowest BCUT2D eigenvalue weighted by molar-refractivity contribution is -0.126. The molecule has 0 aliphatic rings. The van der Waals surface area contributed by atoms with Crippen molar-refractivity contribution >= 4 is 5.91 Å². The van der Waals surface area contributed by atoms with E-state index < -0.39 is 12.0 Å². The van der Waals surface area contributed by atoms with Gasteiger partial charge in [-0.05, 0) is 24.7 Å². The van der Waals surface area contributed by atoms with Gasteiger partial charge in [-0.1, -0.05) is 32.9 Å². The number of aliphatic hydroxyl groups excluding tert-OH is 1. The number of amides is 1. The van der Waals surface area contributed by atoms with Crippen LogP contribution >= 0.6 is 0 Å². The van der Waals surface area contributed by atoms with Crippen molar-refractivity contribution in [1.82, 2.24) is 0 Å². The summed E-state index contributed by atoms with van der Waals surface area (Å²) in [4.78, 5) is 10.5. The predicted molar refractivity (Wildman–Crippen MR) is 57.6 cm³/mol. The van der Waals surface area contributed by atoms with E-state index in [2.05, 4.69) is 32.9 Å². The Morgan fingerprint density at radius 1 is 1.50 bits per heavy atom. The van der Waals surface area contributed by atoms with Crippen LogP contribution in [-0.2, 0) is 4.79 Å². The summed E-state index contributed by atoms with van der Waals surface area (Å²) in [6.07, 6.45) is 5.33. The summed E-state index contributed by atoms with van der Waals surface area (Å²) in [6, 6.07) is 0. The van der Waals surface area contributed by atoms with Gasteiger partial charge in [-0.25, -0.2) is 0 Å². The Bertz CT molecular complexity index is 204. The van der Waals surface area contributed by atoms with Crippen molar-refractivity contribution in [2.45, 2.75) is 46.1 Å². The maximum absolute atomic E-state index is 10.5. The number of nitrogens with two attached hydrogens (primary N) is 1. The summed E-state index contributed by atoms with van der Waals surface area (Å²) < 4.78 is 0. The third-order valence-electron chi connectivity index (χ3n) is 1.79. The summed E-state index contributed by atoms with van der Waals surface area (Å²) >= 11 is 0. The van der Waals surface area contributed by atoms with Gasteiger partial charge in [0.25, 0.3) is 0 Å². The van der Waals surface area contributed by atoms with Crippen molar-refractivity contribution in [3.05, 3.63) is 12.2 Å². The Kier molecular flexibility index (Phi) is 5.46. The van der Waals surface area contributed by atoms with Crippen LogP contribution in [0.4, 0.5) is 0 Å². The van der Waals surface area contributed by atoms with E-state index in [0.29, 0.717) is 6.42 Å². The van der Waals surface area contributed by atoms with Crippen molar-refractivity contribution in [1.29, 1.82) is 0 Å². The molecule has 0 saturated carbocycles. The van der Waals surface area contributed by atoms with Crippen LogP contribution < -0.4 is 5.73 Å². The number of aliphatic hydroxyl groups is 1. The predicted octanol–water partition coefficient (Wildman–Crippen LogP) is 1.61. The first-order chi connectivity index (χ1) is 6.33. The molecule has 0 heterocycles. The fourth-order valence-corrected chi connectivity index (χ4v) is 1.01. The molecule has 0 aliphatic heterocycles. The molecule has 0 aromatic heterocycles. The minimum Gasteiger partial charge on any atom is -0.383 e. The molecule has 0 aromatic rings. The second-order valence-corrected chi connectivity index (χ2v) is 4.62. The molecule has 0 fully saturated rings. The van der Waals surface area contributed by atoms with Gasteiger partial charge >= 0.3 is 0 Å². The van der Waals surface area contributed by atoms with Crippen molar-refractivity contribution < 1.29 is 9.90 Å². The quantitative estimate of drug-likeness (QED) is 0.522. The minimum absolute atomic E-state index is 0.197. The van der Waals surface area contributed by atoms with Gasteiger partial charge in [-0.3, -0.25) is 4.79 Å². The molecule has 82 valence electrons. The average molecular weight is 199 g/mol. The van der Waals surface area contributed by atoms with Gasteiger partial charge in [0, 0.05) is 0 Å². The van der Waals surface area contributed by atoms with E-state index in [-0.39, 0.29) is 5.41 Å². The van der Waals surface area contributed by atoms with Crippen LogP contribution in [0.3, 0.4) is 0 Å². The third kappa shape index (κ3) is 7.80. The van der Waals surface area contributed by atoms with Crippen molar-refractivity contribution in [2.24, 2.45) is 11.1 Å². The largest absolute Gasteiger partial charge is 0.383 e. The van der Waals surface area contributed by atoms with Crippen LogP contribution in [0.5, 0.6) is 0 Å². The molecule has 0 saturated heterocycles. The molecule has 0 rings (SSSR count). The molecule has 3 heteroatoms. The topological polar surface area (TPSA) is 63.3 Å². The lowest BCUT2D eigenvalue weighted by Gasteiger charge is -2.11. The highest BCUT2D eigenvalue weighted by Crippen LogP contribution is 2.15. The van der Waals surface area contributed by atoms with Gasteiger partial charge in [0.05, 0.1) is 0 Å². The summed E-state index contributed by atoms with van der Waals surface area (Å²) in [5, 5.41) is 9.09. The molecule has 1 unspecified atom stereocenters. The number of carbonyl (C=O) groups excluding carboxylic acids is 1. The zero-order valence-corrected chi connectivity index (χ0v) is 9.29.